The number of anilines is 1. The van der Waals surface area contributed by atoms with Crippen LogP contribution in [0.15, 0.2) is 59.4 Å². The first-order valence-corrected chi connectivity index (χ1v) is 11.1. The molecule has 0 atom stereocenters. The normalized spacial score (nSPS) is 16.1. The van der Waals surface area contributed by atoms with Gasteiger partial charge in [-0.1, -0.05) is 43.3 Å². The maximum absolute atomic E-state index is 12.8. The maximum atomic E-state index is 12.8. The number of pyridine rings is 1. The van der Waals surface area contributed by atoms with Gasteiger partial charge in [0.1, 0.15) is 11.6 Å². The zero-order valence-electron chi connectivity index (χ0n) is 17.2. The van der Waals surface area contributed by atoms with Crippen LogP contribution in [0.25, 0.3) is 21.0 Å². The summed E-state index contributed by atoms with van der Waals surface area (Å²) in [6, 6.07) is 21.0. The van der Waals surface area contributed by atoms with Gasteiger partial charge < -0.3 is 9.47 Å². The van der Waals surface area contributed by atoms with Crippen molar-refractivity contribution in [1.29, 1.82) is 5.26 Å². The zero-order valence-corrected chi connectivity index (χ0v) is 18.0. The van der Waals surface area contributed by atoms with Crippen LogP contribution in [0, 0.1) is 11.3 Å². The molecule has 150 valence electrons. The van der Waals surface area contributed by atoms with Gasteiger partial charge in [-0.2, -0.15) is 5.26 Å². The molecule has 1 aliphatic rings. The molecular formula is C25H23N3OS. The van der Waals surface area contributed by atoms with E-state index in [0.717, 1.165) is 42.5 Å². The number of fused-ring (bicyclic) bond motifs is 2. The summed E-state index contributed by atoms with van der Waals surface area (Å²) in [7, 11) is 1.74. The van der Waals surface area contributed by atoms with Crippen molar-refractivity contribution in [2.45, 2.75) is 25.2 Å². The first-order valence-electron chi connectivity index (χ1n) is 10.3. The van der Waals surface area contributed by atoms with Gasteiger partial charge >= 0.3 is 0 Å². The van der Waals surface area contributed by atoms with E-state index < -0.39 is 0 Å². The number of para-hydroxylation sites is 1. The van der Waals surface area contributed by atoms with E-state index >= 15 is 0 Å². The molecule has 30 heavy (non-hydrogen) atoms. The van der Waals surface area contributed by atoms with Gasteiger partial charge in [0.25, 0.3) is 5.56 Å². The summed E-state index contributed by atoms with van der Waals surface area (Å²) in [5.41, 5.74) is 1.82. The first-order chi connectivity index (χ1) is 14.5. The van der Waals surface area contributed by atoms with Gasteiger partial charge in [0, 0.05) is 40.5 Å². The number of nitriles is 1. The van der Waals surface area contributed by atoms with Crippen molar-refractivity contribution < 1.29 is 0 Å². The number of aryl methyl sites for hydroxylation is 1. The molecule has 5 heteroatoms. The fraction of sp³-hybridized carbons (Fsp3) is 0.280. The molecule has 4 nitrogen and oxygen atoms in total. The van der Waals surface area contributed by atoms with Crippen molar-refractivity contribution in [1.82, 2.24) is 4.57 Å². The zero-order chi connectivity index (χ0) is 20.9. The molecule has 0 spiro atoms. The van der Waals surface area contributed by atoms with Crippen molar-refractivity contribution >= 4 is 38.0 Å². The highest BCUT2D eigenvalue weighted by atomic mass is 32.1. The number of nitrogens with zero attached hydrogens (tertiary/aromatic N) is 3. The number of hydrogen-bond donors (Lipinski definition) is 0. The highest BCUT2D eigenvalue weighted by molar-refractivity contribution is 7.19. The highest BCUT2D eigenvalue weighted by Gasteiger charge is 2.34. The number of rotatable bonds is 2. The molecule has 0 amide bonds. The van der Waals surface area contributed by atoms with E-state index in [4.69, 9.17) is 0 Å². The summed E-state index contributed by atoms with van der Waals surface area (Å²) in [4.78, 5) is 16.5. The Morgan fingerprint density at radius 1 is 1.07 bits per heavy atom. The fourth-order valence-corrected chi connectivity index (χ4v) is 5.92. The largest absolute Gasteiger partial charge is 0.370 e. The Kier molecular flexibility index (Phi) is 4.41. The van der Waals surface area contributed by atoms with Crippen LogP contribution in [-0.2, 0) is 12.5 Å². The van der Waals surface area contributed by atoms with Crippen molar-refractivity contribution in [3.63, 3.8) is 0 Å². The quantitative estimate of drug-likeness (QED) is 0.455. The fourth-order valence-electron chi connectivity index (χ4n) is 4.66. The minimum atomic E-state index is -0.218. The number of piperidine rings is 1. The molecule has 0 saturated carbocycles. The third-order valence-corrected chi connectivity index (χ3v) is 8.01. The summed E-state index contributed by atoms with van der Waals surface area (Å²) >= 11 is 1.89. The van der Waals surface area contributed by atoms with E-state index in [1.54, 1.807) is 11.6 Å². The average molecular weight is 414 g/mol. The van der Waals surface area contributed by atoms with Gasteiger partial charge in [0.05, 0.1) is 11.2 Å². The van der Waals surface area contributed by atoms with Crippen molar-refractivity contribution in [2.75, 3.05) is 18.0 Å². The lowest BCUT2D eigenvalue weighted by Gasteiger charge is -2.40. The summed E-state index contributed by atoms with van der Waals surface area (Å²) in [5, 5.41) is 12.1. The second-order valence-electron chi connectivity index (χ2n) is 8.41. The van der Waals surface area contributed by atoms with E-state index in [2.05, 4.69) is 48.2 Å². The molecule has 5 rings (SSSR count). The maximum Gasteiger partial charge on any atom is 0.270 e. The van der Waals surface area contributed by atoms with E-state index in [1.807, 2.05) is 35.6 Å². The Morgan fingerprint density at radius 3 is 2.50 bits per heavy atom. The van der Waals surface area contributed by atoms with Crippen LogP contribution in [0.3, 0.4) is 0 Å². The topological polar surface area (TPSA) is 49.0 Å². The molecule has 1 fully saturated rings. The summed E-state index contributed by atoms with van der Waals surface area (Å²) < 4.78 is 2.92. The molecule has 0 aliphatic carbocycles. The average Bonchev–Trinajstić information content (AvgIpc) is 3.22. The van der Waals surface area contributed by atoms with Gasteiger partial charge in [-0.15, -0.1) is 11.3 Å². The van der Waals surface area contributed by atoms with E-state index in [9.17, 15) is 10.1 Å². The lowest BCUT2D eigenvalue weighted by atomic mass is 9.78. The number of thiophene rings is 1. The summed E-state index contributed by atoms with van der Waals surface area (Å²) in [5.74, 6) is 0. The standard InChI is InChI=1S/C25H23N3OS/c1-25(22-15-17-7-3-6-10-21(17)30-22)11-13-28(14-12-25)23-18-8-4-5-9-20(18)27(2)24(29)19(23)16-26/h3-10,15H,11-14H2,1-2H3. The van der Waals surface area contributed by atoms with Crippen LogP contribution >= 0.6 is 11.3 Å². The van der Waals surface area contributed by atoms with Crippen LogP contribution in [-0.4, -0.2) is 17.7 Å². The van der Waals surface area contributed by atoms with Gasteiger partial charge in [0.15, 0.2) is 0 Å². The molecule has 2 aromatic carbocycles. The smallest absolute Gasteiger partial charge is 0.270 e. The van der Waals surface area contributed by atoms with Crippen LogP contribution in [0.4, 0.5) is 5.69 Å². The minimum Gasteiger partial charge on any atom is -0.370 e. The molecule has 0 radical (unpaired) electrons. The van der Waals surface area contributed by atoms with Crippen molar-refractivity contribution in [3.8, 4) is 6.07 Å². The Bertz CT molecular complexity index is 1330. The molecular weight excluding hydrogens is 390 g/mol. The SMILES string of the molecule is Cn1c(=O)c(C#N)c(N2CCC(C)(c3cc4ccccc4s3)CC2)c2ccccc21. The Labute approximate surface area is 179 Å². The first kappa shape index (κ1) is 18.9. The Morgan fingerprint density at radius 2 is 1.77 bits per heavy atom. The van der Waals surface area contributed by atoms with E-state index in [-0.39, 0.29) is 16.5 Å². The summed E-state index contributed by atoms with van der Waals surface area (Å²) in [6.45, 7) is 4.01. The number of benzene rings is 2. The van der Waals surface area contributed by atoms with Gasteiger partial charge in [-0.05, 0) is 36.4 Å². The van der Waals surface area contributed by atoms with Crippen molar-refractivity contribution in [3.05, 3.63) is 75.4 Å². The van der Waals surface area contributed by atoms with E-state index in [0.29, 0.717) is 0 Å². The second-order valence-corrected chi connectivity index (χ2v) is 9.50. The van der Waals surface area contributed by atoms with Gasteiger partial charge in [-0.3, -0.25) is 4.79 Å². The molecule has 0 unspecified atom stereocenters. The molecule has 1 aliphatic heterocycles. The van der Waals surface area contributed by atoms with E-state index in [1.165, 1.54) is 15.0 Å². The van der Waals surface area contributed by atoms with Gasteiger partial charge in [-0.25, -0.2) is 0 Å². The molecule has 0 bridgehead atoms. The number of hydrogen-bond acceptors (Lipinski definition) is 4. The Hall–Kier alpha value is -3.10. The second kappa shape index (κ2) is 7.00. The minimum absolute atomic E-state index is 0.114. The Balaban J connectivity index is 1.53. The highest BCUT2D eigenvalue weighted by Crippen LogP contribution is 2.42. The predicted octanol–water partition coefficient (Wildman–Crippen LogP) is 5.18. The molecule has 4 aromatic rings. The van der Waals surface area contributed by atoms with Gasteiger partial charge in [0.2, 0.25) is 0 Å². The third kappa shape index (κ3) is 2.83. The molecule has 2 aromatic heterocycles. The van der Waals surface area contributed by atoms with Crippen LogP contribution < -0.4 is 10.5 Å². The number of aromatic nitrogens is 1. The lowest BCUT2D eigenvalue weighted by molar-refractivity contribution is 0.369. The monoisotopic (exact) mass is 413 g/mol. The molecule has 1 saturated heterocycles. The van der Waals surface area contributed by atoms with Crippen molar-refractivity contribution in [2.24, 2.45) is 7.05 Å². The predicted molar refractivity (Wildman–Crippen MR) is 125 cm³/mol. The van der Waals surface area contributed by atoms with Crippen LogP contribution in [0.5, 0.6) is 0 Å². The lowest BCUT2D eigenvalue weighted by Crippen LogP contribution is -2.42. The molecule has 3 heterocycles. The third-order valence-electron chi connectivity index (χ3n) is 6.59. The molecule has 0 N–H and O–H groups in total. The van der Waals surface area contributed by atoms with Crippen LogP contribution in [0.1, 0.15) is 30.2 Å². The summed E-state index contributed by atoms with van der Waals surface area (Å²) in [6.07, 6.45) is 1.99. The van der Waals surface area contributed by atoms with Crippen LogP contribution in [0.2, 0.25) is 0 Å².